The Kier molecular flexibility index (Phi) is 4.45. The third-order valence-corrected chi connectivity index (χ3v) is 4.00. The Morgan fingerprint density at radius 3 is 2.47 bits per heavy atom. The molecule has 1 amide bonds. The van der Waals surface area contributed by atoms with Gasteiger partial charge in [-0.1, -0.05) is 0 Å². The maximum absolute atomic E-state index is 12.2. The van der Waals surface area contributed by atoms with Gasteiger partial charge in [0, 0.05) is 12.5 Å². The third-order valence-electron chi connectivity index (χ3n) is 4.00. The zero-order valence-corrected chi connectivity index (χ0v) is 11.7. The topological polar surface area (TPSA) is 66.8 Å². The van der Waals surface area contributed by atoms with Gasteiger partial charge in [-0.3, -0.25) is 4.79 Å². The molecule has 0 aromatic heterocycles. The molecule has 3 unspecified atom stereocenters. The number of hydrogen-bond donors (Lipinski definition) is 1. The molecule has 0 aromatic rings. The summed E-state index contributed by atoms with van der Waals surface area (Å²) in [5.74, 6) is -0.966. The van der Waals surface area contributed by atoms with E-state index >= 15 is 0 Å². The Hall–Kier alpha value is -1.10. The predicted octanol–water partition coefficient (Wildman–Crippen LogP) is 1.80. The molecule has 1 heterocycles. The van der Waals surface area contributed by atoms with Crippen LogP contribution in [0.4, 0.5) is 0 Å². The first kappa shape index (κ1) is 14.3. The van der Waals surface area contributed by atoms with Gasteiger partial charge in [0.05, 0.1) is 12.2 Å². The monoisotopic (exact) mass is 269 g/mol. The minimum atomic E-state index is -0.925. The molecule has 108 valence electrons. The van der Waals surface area contributed by atoms with E-state index in [-0.39, 0.29) is 24.2 Å². The summed E-state index contributed by atoms with van der Waals surface area (Å²) in [5, 5.41) is 9.07. The normalized spacial score (nSPS) is 28.1. The highest BCUT2D eigenvalue weighted by Gasteiger charge is 2.38. The van der Waals surface area contributed by atoms with Crippen molar-refractivity contribution in [1.29, 1.82) is 0 Å². The minimum absolute atomic E-state index is 0.0412. The number of carboxylic acids is 1. The molecule has 0 aromatic carbocycles. The van der Waals surface area contributed by atoms with E-state index in [4.69, 9.17) is 9.84 Å². The average Bonchev–Trinajstić information content (AvgIpc) is 3.09. The molecule has 1 N–H and O–H groups in total. The van der Waals surface area contributed by atoms with E-state index in [0.717, 1.165) is 25.7 Å². The summed E-state index contributed by atoms with van der Waals surface area (Å²) in [4.78, 5) is 24.8. The van der Waals surface area contributed by atoms with Crippen LogP contribution in [0.25, 0.3) is 0 Å². The lowest BCUT2D eigenvalue weighted by Gasteiger charge is -2.27. The van der Waals surface area contributed by atoms with Crippen molar-refractivity contribution >= 4 is 11.9 Å². The Morgan fingerprint density at radius 1 is 1.32 bits per heavy atom. The molecule has 19 heavy (non-hydrogen) atoms. The first-order chi connectivity index (χ1) is 8.99. The highest BCUT2D eigenvalue weighted by atomic mass is 16.5. The maximum Gasteiger partial charge on any atom is 0.326 e. The summed E-state index contributed by atoms with van der Waals surface area (Å²) >= 11 is 0. The van der Waals surface area contributed by atoms with Crippen molar-refractivity contribution in [3.63, 3.8) is 0 Å². The molecule has 2 fully saturated rings. The lowest BCUT2D eigenvalue weighted by molar-refractivity contribution is -0.150. The standard InChI is InChI=1S/C14H23NO4/c1-9-3-6-12(19-9)7-8-13(16)15(11-4-5-11)10(2)14(17)18/h9-12H,3-8H2,1-2H3,(H,17,18). The first-order valence-corrected chi connectivity index (χ1v) is 7.18. The van der Waals surface area contributed by atoms with Crippen molar-refractivity contribution < 1.29 is 19.4 Å². The quantitative estimate of drug-likeness (QED) is 0.798. The van der Waals surface area contributed by atoms with Crippen LogP contribution in [0.1, 0.15) is 52.4 Å². The summed E-state index contributed by atoms with van der Waals surface area (Å²) in [6.07, 6.45) is 5.48. The number of nitrogens with zero attached hydrogens (tertiary/aromatic N) is 1. The fraction of sp³-hybridized carbons (Fsp3) is 0.857. The zero-order chi connectivity index (χ0) is 14.0. The number of carboxylic acid groups (broad SMARTS) is 1. The molecule has 3 atom stereocenters. The largest absolute Gasteiger partial charge is 0.480 e. The van der Waals surface area contributed by atoms with Crippen LogP contribution in [0.3, 0.4) is 0 Å². The van der Waals surface area contributed by atoms with Gasteiger partial charge in [0.2, 0.25) is 5.91 Å². The highest BCUT2D eigenvalue weighted by molar-refractivity contribution is 5.84. The summed E-state index contributed by atoms with van der Waals surface area (Å²) in [5.41, 5.74) is 0. The van der Waals surface area contributed by atoms with E-state index in [1.165, 1.54) is 0 Å². The number of rotatable bonds is 6. The van der Waals surface area contributed by atoms with Crippen molar-refractivity contribution in [2.75, 3.05) is 0 Å². The van der Waals surface area contributed by atoms with E-state index in [0.29, 0.717) is 12.8 Å². The fourth-order valence-corrected chi connectivity index (χ4v) is 2.72. The Balaban J connectivity index is 1.84. The molecule has 1 saturated carbocycles. The molecule has 2 rings (SSSR count). The molecule has 5 nitrogen and oxygen atoms in total. The van der Waals surface area contributed by atoms with Crippen LogP contribution in [0, 0.1) is 0 Å². The van der Waals surface area contributed by atoms with Crippen molar-refractivity contribution in [2.24, 2.45) is 0 Å². The summed E-state index contributed by atoms with van der Waals surface area (Å²) < 4.78 is 5.69. The molecule has 1 aliphatic heterocycles. The Morgan fingerprint density at radius 2 is 2.00 bits per heavy atom. The van der Waals surface area contributed by atoms with Crippen LogP contribution >= 0.6 is 0 Å². The molecule has 5 heteroatoms. The van der Waals surface area contributed by atoms with Gasteiger partial charge in [-0.15, -0.1) is 0 Å². The van der Waals surface area contributed by atoms with Crippen LogP contribution in [-0.4, -0.2) is 46.2 Å². The number of aliphatic carboxylic acids is 1. The summed E-state index contributed by atoms with van der Waals surface area (Å²) in [7, 11) is 0. The van der Waals surface area contributed by atoms with E-state index < -0.39 is 12.0 Å². The predicted molar refractivity (Wildman–Crippen MR) is 69.8 cm³/mol. The number of ether oxygens (including phenoxy) is 1. The second kappa shape index (κ2) is 5.90. The van der Waals surface area contributed by atoms with Gasteiger partial charge in [-0.2, -0.15) is 0 Å². The van der Waals surface area contributed by atoms with Crippen molar-refractivity contribution in [3.05, 3.63) is 0 Å². The first-order valence-electron chi connectivity index (χ1n) is 7.18. The molecular formula is C14H23NO4. The second-order valence-electron chi connectivity index (χ2n) is 5.73. The lowest BCUT2D eigenvalue weighted by atomic mass is 10.1. The van der Waals surface area contributed by atoms with E-state index in [2.05, 4.69) is 0 Å². The number of amides is 1. The van der Waals surface area contributed by atoms with Crippen LogP contribution in [0.15, 0.2) is 0 Å². The number of carbonyl (C=O) groups is 2. The van der Waals surface area contributed by atoms with Gasteiger partial charge >= 0.3 is 5.97 Å². The highest BCUT2D eigenvalue weighted by Crippen LogP contribution is 2.30. The Labute approximate surface area is 113 Å². The van der Waals surface area contributed by atoms with Gasteiger partial charge in [0.15, 0.2) is 0 Å². The molecular weight excluding hydrogens is 246 g/mol. The van der Waals surface area contributed by atoms with Crippen molar-refractivity contribution in [1.82, 2.24) is 4.90 Å². The van der Waals surface area contributed by atoms with Crippen LogP contribution in [0.5, 0.6) is 0 Å². The maximum atomic E-state index is 12.2. The zero-order valence-electron chi connectivity index (χ0n) is 11.7. The van der Waals surface area contributed by atoms with Crippen LogP contribution in [-0.2, 0) is 14.3 Å². The van der Waals surface area contributed by atoms with E-state index in [1.807, 2.05) is 6.92 Å². The second-order valence-corrected chi connectivity index (χ2v) is 5.73. The van der Waals surface area contributed by atoms with Gasteiger partial charge in [-0.25, -0.2) is 4.79 Å². The molecule has 2 aliphatic rings. The smallest absolute Gasteiger partial charge is 0.326 e. The minimum Gasteiger partial charge on any atom is -0.480 e. The number of carbonyl (C=O) groups excluding carboxylic acids is 1. The van der Waals surface area contributed by atoms with Gasteiger partial charge in [-0.05, 0) is 46.0 Å². The van der Waals surface area contributed by atoms with Gasteiger partial charge in [0.25, 0.3) is 0 Å². The van der Waals surface area contributed by atoms with E-state index in [1.54, 1.807) is 11.8 Å². The third kappa shape index (κ3) is 3.69. The lowest BCUT2D eigenvalue weighted by Crippen LogP contribution is -2.44. The van der Waals surface area contributed by atoms with Crippen molar-refractivity contribution in [3.8, 4) is 0 Å². The molecule has 1 aliphatic carbocycles. The number of hydrogen-bond acceptors (Lipinski definition) is 3. The molecule has 0 radical (unpaired) electrons. The van der Waals surface area contributed by atoms with Gasteiger partial charge in [0.1, 0.15) is 6.04 Å². The summed E-state index contributed by atoms with van der Waals surface area (Å²) in [6, 6.07) is -0.578. The fourth-order valence-electron chi connectivity index (χ4n) is 2.72. The van der Waals surface area contributed by atoms with E-state index in [9.17, 15) is 9.59 Å². The van der Waals surface area contributed by atoms with Crippen LogP contribution < -0.4 is 0 Å². The molecule has 0 spiro atoms. The Bertz CT molecular complexity index is 353. The average molecular weight is 269 g/mol. The van der Waals surface area contributed by atoms with Gasteiger partial charge < -0.3 is 14.7 Å². The molecule has 0 bridgehead atoms. The molecule has 1 saturated heterocycles. The SMILES string of the molecule is CC1CCC(CCC(=O)N(C2CC2)C(C)C(=O)O)O1. The van der Waals surface area contributed by atoms with Crippen LogP contribution in [0.2, 0.25) is 0 Å². The van der Waals surface area contributed by atoms with Crippen molar-refractivity contribution in [2.45, 2.75) is 76.7 Å². The summed E-state index contributed by atoms with van der Waals surface area (Å²) in [6.45, 7) is 3.64.